The Morgan fingerprint density at radius 3 is 2.50 bits per heavy atom. The molecule has 76 valence electrons. The molecule has 0 saturated carbocycles. The van der Waals surface area contributed by atoms with Crippen molar-refractivity contribution in [3.63, 3.8) is 0 Å². The highest BCUT2D eigenvalue weighted by Crippen LogP contribution is 2.04. The van der Waals surface area contributed by atoms with E-state index in [9.17, 15) is 9.59 Å². The van der Waals surface area contributed by atoms with Crippen LogP contribution in [-0.4, -0.2) is 35.1 Å². The topological polar surface area (TPSA) is 86.3 Å². The Labute approximate surface area is 80.2 Å². The van der Waals surface area contributed by atoms with Gasteiger partial charge >= 0.3 is 5.97 Å². The number of H-pyrrole nitrogens is 1. The molecule has 0 fully saturated rings. The minimum atomic E-state index is -1.20. The SMILES string of the molecule is Cc1c(C(=O)O)nc(N(C)C)[nH]c1=O. The lowest BCUT2D eigenvalue weighted by Gasteiger charge is -2.11. The number of aromatic carboxylic acids is 1. The third kappa shape index (κ3) is 1.73. The summed E-state index contributed by atoms with van der Waals surface area (Å²) in [4.78, 5) is 29.8. The fraction of sp³-hybridized carbons (Fsp3) is 0.375. The van der Waals surface area contributed by atoms with Gasteiger partial charge in [-0.15, -0.1) is 0 Å². The van der Waals surface area contributed by atoms with Crippen molar-refractivity contribution in [3.8, 4) is 0 Å². The van der Waals surface area contributed by atoms with E-state index in [1.54, 1.807) is 14.1 Å². The largest absolute Gasteiger partial charge is 0.476 e. The Bertz CT molecular complexity index is 422. The summed E-state index contributed by atoms with van der Waals surface area (Å²) in [6.45, 7) is 1.43. The van der Waals surface area contributed by atoms with Crippen LogP contribution in [0.5, 0.6) is 0 Å². The van der Waals surface area contributed by atoms with Gasteiger partial charge < -0.3 is 10.0 Å². The molecular formula is C8H11N3O3. The lowest BCUT2D eigenvalue weighted by atomic mass is 10.2. The van der Waals surface area contributed by atoms with Crippen molar-refractivity contribution in [1.29, 1.82) is 0 Å². The molecule has 0 amide bonds. The minimum Gasteiger partial charge on any atom is -0.476 e. The van der Waals surface area contributed by atoms with Gasteiger partial charge in [-0.25, -0.2) is 9.78 Å². The number of aromatic amines is 1. The molecule has 0 aliphatic rings. The van der Waals surface area contributed by atoms with E-state index in [0.29, 0.717) is 0 Å². The Kier molecular flexibility index (Phi) is 2.55. The van der Waals surface area contributed by atoms with Crippen molar-refractivity contribution in [2.45, 2.75) is 6.92 Å². The maximum atomic E-state index is 11.3. The molecule has 2 N–H and O–H groups in total. The van der Waals surface area contributed by atoms with Gasteiger partial charge in [0.05, 0.1) is 0 Å². The number of aromatic nitrogens is 2. The van der Waals surface area contributed by atoms with Crippen LogP contribution in [0.15, 0.2) is 4.79 Å². The Hall–Kier alpha value is -1.85. The summed E-state index contributed by atoms with van der Waals surface area (Å²) in [6, 6.07) is 0. The van der Waals surface area contributed by atoms with Crippen LogP contribution in [0.1, 0.15) is 16.1 Å². The van der Waals surface area contributed by atoms with Crippen molar-refractivity contribution in [3.05, 3.63) is 21.6 Å². The van der Waals surface area contributed by atoms with Gasteiger partial charge in [0.15, 0.2) is 5.69 Å². The molecule has 0 aliphatic carbocycles. The number of hydrogen-bond donors (Lipinski definition) is 2. The van der Waals surface area contributed by atoms with Crippen LogP contribution in [0.4, 0.5) is 5.95 Å². The molecule has 0 aliphatic heterocycles. The molecule has 0 unspecified atom stereocenters. The molecule has 0 atom stereocenters. The Balaban J connectivity index is 3.43. The zero-order chi connectivity index (χ0) is 10.9. The lowest BCUT2D eigenvalue weighted by molar-refractivity contribution is 0.0689. The highest BCUT2D eigenvalue weighted by atomic mass is 16.4. The van der Waals surface area contributed by atoms with E-state index in [2.05, 4.69) is 9.97 Å². The van der Waals surface area contributed by atoms with E-state index in [0.717, 1.165) is 0 Å². The number of nitrogens with zero attached hydrogens (tertiary/aromatic N) is 2. The van der Waals surface area contributed by atoms with Crippen molar-refractivity contribution >= 4 is 11.9 Å². The normalized spacial score (nSPS) is 9.93. The molecule has 0 aromatic carbocycles. The average Bonchev–Trinajstić information content (AvgIpc) is 2.08. The molecule has 6 nitrogen and oxygen atoms in total. The second-order valence-electron chi connectivity index (χ2n) is 3.06. The predicted octanol–water partition coefficient (Wildman–Crippen LogP) is -0.157. The van der Waals surface area contributed by atoms with Gasteiger partial charge in [0.1, 0.15) is 0 Å². The summed E-state index contributed by atoms with van der Waals surface area (Å²) in [7, 11) is 3.33. The second kappa shape index (κ2) is 3.49. The van der Waals surface area contributed by atoms with E-state index < -0.39 is 11.5 Å². The zero-order valence-corrected chi connectivity index (χ0v) is 8.16. The maximum absolute atomic E-state index is 11.3. The summed E-state index contributed by atoms with van der Waals surface area (Å²) >= 11 is 0. The molecular weight excluding hydrogens is 186 g/mol. The quantitative estimate of drug-likeness (QED) is 0.688. The first-order chi connectivity index (χ1) is 6.43. The predicted molar refractivity (Wildman–Crippen MR) is 50.9 cm³/mol. The average molecular weight is 197 g/mol. The number of nitrogens with one attached hydrogen (secondary N) is 1. The number of anilines is 1. The summed E-state index contributed by atoms with van der Waals surface area (Å²) < 4.78 is 0. The highest BCUT2D eigenvalue weighted by Gasteiger charge is 2.14. The molecule has 0 spiro atoms. The maximum Gasteiger partial charge on any atom is 0.355 e. The van der Waals surface area contributed by atoms with Crippen LogP contribution in [0, 0.1) is 6.92 Å². The van der Waals surface area contributed by atoms with Gasteiger partial charge in [-0.2, -0.15) is 0 Å². The van der Waals surface area contributed by atoms with Crippen molar-refractivity contribution in [1.82, 2.24) is 9.97 Å². The molecule has 1 heterocycles. The molecule has 1 aromatic rings. The molecule has 1 aromatic heterocycles. The Morgan fingerprint density at radius 2 is 2.07 bits per heavy atom. The zero-order valence-electron chi connectivity index (χ0n) is 8.16. The lowest BCUT2D eigenvalue weighted by Crippen LogP contribution is -2.23. The van der Waals surface area contributed by atoms with Crippen LogP contribution >= 0.6 is 0 Å². The van der Waals surface area contributed by atoms with Crippen LogP contribution in [0.3, 0.4) is 0 Å². The molecule has 0 bridgehead atoms. The third-order valence-electron chi connectivity index (χ3n) is 1.77. The van der Waals surface area contributed by atoms with Gasteiger partial charge in [-0.3, -0.25) is 9.78 Å². The number of rotatable bonds is 2. The van der Waals surface area contributed by atoms with E-state index in [4.69, 9.17) is 5.11 Å². The molecule has 0 radical (unpaired) electrons. The first-order valence-corrected chi connectivity index (χ1v) is 3.95. The second-order valence-corrected chi connectivity index (χ2v) is 3.06. The molecule has 14 heavy (non-hydrogen) atoms. The van der Waals surface area contributed by atoms with E-state index in [-0.39, 0.29) is 17.2 Å². The minimum absolute atomic E-state index is 0.114. The Morgan fingerprint density at radius 1 is 1.50 bits per heavy atom. The van der Waals surface area contributed by atoms with Gasteiger partial charge in [0, 0.05) is 19.7 Å². The summed E-state index contributed by atoms with van der Waals surface area (Å²) in [5, 5.41) is 8.76. The van der Waals surface area contributed by atoms with Crippen molar-refractivity contribution in [2.75, 3.05) is 19.0 Å². The van der Waals surface area contributed by atoms with Crippen molar-refractivity contribution in [2.24, 2.45) is 0 Å². The number of hydrogen-bond acceptors (Lipinski definition) is 4. The molecule has 1 rings (SSSR count). The van der Waals surface area contributed by atoms with Gasteiger partial charge in [-0.1, -0.05) is 0 Å². The fourth-order valence-corrected chi connectivity index (χ4v) is 0.941. The monoisotopic (exact) mass is 197 g/mol. The van der Waals surface area contributed by atoms with Gasteiger partial charge in [-0.05, 0) is 6.92 Å². The third-order valence-corrected chi connectivity index (χ3v) is 1.77. The fourth-order valence-electron chi connectivity index (χ4n) is 0.941. The van der Waals surface area contributed by atoms with Gasteiger partial charge in [0.25, 0.3) is 5.56 Å². The van der Waals surface area contributed by atoms with Crippen LogP contribution < -0.4 is 10.5 Å². The van der Waals surface area contributed by atoms with E-state index in [1.165, 1.54) is 11.8 Å². The van der Waals surface area contributed by atoms with E-state index >= 15 is 0 Å². The highest BCUT2D eigenvalue weighted by molar-refractivity contribution is 5.87. The summed E-state index contributed by atoms with van der Waals surface area (Å²) in [6.07, 6.45) is 0. The van der Waals surface area contributed by atoms with E-state index in [1.807, 2.05) is 0 Å². The number of carboxylic acids is 1. The summed E-state index contributed by atoms with van der Waals surface area (Å²) in [5.74, 6) is -0.963. The molecule has 6 heteroatoms. The number of carbonyl (C=O) groups is 1. The van der Waals surface area contributed by atoms with Crippen LogP contribution in [0.25, 0.3) is 0 Å². The van der Waals surface area contributed by atoms with Gasteiger partial charge in [0.2, 0.25) is 5.95 Å². The standard InChI is InChI=1S/C8H11N3O3/c1-4-5(7(13)14)9-8(11(2)3)10-6(4)12/h1-3H3,(H,13,14)(H,9,10,12). The smallest absolute Gasteiger partial charge is 0.355 e. The number of carboxylic acid groups (broad SMARTS) is 1. The summed E-state index contributed by atoms with van der Waals surface area (Å²) in [5.41, 5.74) is -0.526. The first kappa shape index (κ1) is 10.2. The van der Waals surface area contributed by atoms with Crippen LogP contribution in [0.2, 0.25) is 0 Å². The molecule has 0 saturated heterocycles. The van der Waals surface area contributed by atoms with Crippen LogP contribution in [-0.2, 0) is 0 Å². The first-order valence-electron chi connectivity index (χ1n) is 3.95. The van der Waals surface area contributed by atoms with Crippen molar-refractivity contribution < 1.29 is 9.90 Å².